The van der Waals surface area contributed by atoms with Crippen molar-refractivity contribution in [2.45, 2.75) is 13.8 Å². The Hall–Kier alpha value is -3.39. The third kappa shape index (κ3) is 4.86. The van der Waals surface area contributed by atoms with E-state index in [0.29, 0.717) is 32.8 Å². The number of rotatable bonds is 5. The van der Waals surface area contributed by atoms with E-state index in [1.165, 1.54) is 0 Å². The van der Waals surface area contributed by atoms with E-state index in [1.807, 2.05) is 25.1 Å². The van der Waals surface area contributed by atoms with Crippen molar-refractivity contribution in [2.24, 2.45) is 0 Å². The molecule has 0 saturated heterocycles. The number of ether oxygens (including phenoxy) is 1. The lowest BCUT2D eigenvalue weighted by Crippen LogP contribution is -2.19. The molecule has 3 rings (SSSR count). The Morgan fingerprint density at radius 3 is 2.39 bits per heavy atom. The minimum absolute atomic E-state index is 0.285. The van der Waals surface area contributed by atoms with E-state index in [9.17, 15) is 9.59 Å². The van der Waals surface area contributed by atoms with E-state index in [-0.39, 0.29) is 5.91 Å². The van der Waals surface area contributed by atoms with Crippen LogP contribution in [0, 0.1) is 13.8 Å². The topological polar surface area (TPSA) is 92.4 Å². The summed E-state index contributed by atoms with van der Waals surface area (Å²) in [5.41, 5.74) is 2.91. The lowest BCUT2D eigenvalue weighted by Gasteiger charge is -2.06. The molecule has 144 valence electrons. The molecular formula is C20H20N4O3S. The molecule has 3 aromatic rings. The van der Waals surface area contributed by atoms with Gasteiger partial charge < -0.3 is 15.4 Å². The molecule has 0 aliphatic heterocycles. The van der Waals surface area contributed by atoms with Crippen molar-refractivity contribution < 1.29 is 14.3 Å². The van der Waals surface area contributed by atoms with Crippen molar-refractivity contribution >= 4 is 39.8 Å². The zero-order valence-corrected chi connectivity index (χ0v) is 16.5. The SMILES string of the molecule is COc1ccc(NC(=O)c2sc(NC(=O)Nc3cccc(C)c3)nc2C)cc1. The fourth-order valence-corrected chi connectivity index (χ4v) is 3.36. The highest BCUT2D eigenvalue weighted by Crippen LogP contribution is 2.24. The predicted octanol–water partition coefficient (Wildman–Crippen LogP) is 4.66. The van der Waals surface area contributed by atoms with Gasteiger partial charge in [-0.05, 0) is 55.8 Å². The summed E-state index contributed by atoms with van der Waals surface area (Å²) in [6, 6.07) is 14.1. The Bertz CT molecular complexity index is 999. The van der Waals surface area contributed by atoms with Gasteiger partial charge in [0.05, 0.1) is 12.8 Å². The molecule has 0 saturated carbocycles. The fourth-order valence-electron chi connectivity index (χ4n) is 2.51. The maximum absolute atomic E-state index is 12.5. The third-order valence-electron chi connectivity index (χ3n) is 3.85. The molecule has 0 unspecified atom stereocenters. The molecule has 0 aliphatic rings. The number of nitrogens with zero attached hydrogens (tertiary/aromatic N) is 1. The summed E-state index contributed by atoms with van der Waals surface area (Å²) >= 11 is 1.12. The van der Waals surface area contributed by atoms with Crippen LogP contribution in [0.1, 0.15) is 20.9 Å². The number of hydrogen-bond donors (Lipinski definition) is 3. The molecule has 0 bridgehead atoms. The summed E-state index contributed by atoms with van der Waals surface area (Å²) in [4.78, 5) is 29.4. The first-order valence-corrected chi connectivity index (χ1v) is 9.34. The number of carbonyl (C=O) groups excluding carboxylic acids is 2. The minimum atomic E-state index is -0.415. The van der Waals surface area contributed by atoms with E-state index in [4.69, 9.17) is 4.74 Å². The maximum atomic E-state index is 12.5. The molecule has 7 nitrogen and oxygen atoms in total. The molecule has 0 spiro atoms. The number of nitrogens with one attached hydrogen (secondary N) is 3. The highest BCUT2D eigenvalue weighted by Gasteiger charge is 2.17. The number of carbonyl (C=O) groups is 2. The van der Waals surface area contributed by atoms with Gasteiger partial charge in [0.25, 0.3) is 5.91 Å². The minimum Gasteiger partial charge on any atom is -0.497 e. The van der Waals surface area contributed by atoms with Crippen molar-refractivity contribution in [1.82, 2.24) is 4.98 Å². The zero-order valence-electron chi connectivity index (χ0n) is 15.7. The largest absolute Gasteiger partial charge is 0.497 e. The van der Waals surface area contributed by atoms with Crippen LogP contribution in [0.3, 0.4) is 0 Å². The number of amides is 3. The number of benzene rings is 2. The standard InChI is InChI=1S/C20H20N4O3S/c1-12-5-4-6-15(11-12)23-19(26)24-20-21-13(2)17(28-20)18(25)22-14-7-9-16(27-3)10-8-14/h4-11H,1-3H3,(H,22,25)(H2,21,23,24,26). The van der Waals surface area contributed by atoms with Crippen LogP contribution in [0.2, 0.25) is 0 Å². The van der Waals surface area contributed by atoms with Gasteiger partial charge in [0, 0.05) is 11.4 Å². The fraction of sp³-hybridized carbons (Fsp3) is 0.150. The number of anilines is 3. The van der Waals surface area contributed by atoms with Gasteiger partial charge >= 0.3 is 6.03 Å². The van der Waals surface area contributed by atoms with E-state index in [1.54, 1.807) is 44.4 Å². The predicted molar refractivity (Wildman–Crippen MR) is 112 cm³/mol. The number of aryl methyl sites for hydroxylation is 2. The third-order valence-corrected chi connectivity index (χ3v) is 4.92. The van der Waals surface area contributed by atoms with Crippen molar-refractivity contribution in [2.75, 3.05) is 23.1 Å². The van der Waals surface area contributed by atoms with Gasteiger partial charge in [-0.25, -0.2) is 9.78 Å². The summed E-state index contributed by atoms with van der Waals surface area (Å²) in [7, 11) is 1.58. The van der Waals surface area contributed by atoms with Gasteiger partial charge in [0.15, 0.2) is 5.13 Å². The second kappa shape index (κ2) is 8.53. The van der Waals surface area contributed by atoms with Crippen LogP contribution in [0.4, 0.5) is 21.3 Å². The second-order valence-corrected chi connectivity index (χ2v) is 7.06. The lowest BCUT2D eigenvalue weighted by molar-refractivity contribution is 0.102. The average molecular weight is 396 g/mol. The summed E-state index contributed by atoms with van der Waals surface area (Å²) in [5.74, 6) is 0.422. The quantitative estimate of drug-likeness (QED) is 0.585. The van der Waals surface area contributed by atoms with E-state index in [0.717, 1.165) is 16.9 Å². The van der Waals surface area contributed by atoms with Gasteiger partial charge in [-0.15, -0.1) is 0 Å². The van der Waals surface area contributed by atoms with Crippen LogP contribution in [0.25, 0.3) is 0 Å². The Morgan fingerprint density at radius 2 is 1.71 bits per heavy atom. The first-order valence-electron chi connectivity index (χ1n) is 8.52. The van der Waals surface area contributed by atoms with Gasteiger partial charge in [0.2, 0.25) is 0 Å². The van der Waals surface area contributed by atoms with Crippen molar-refractivity contribution in [3.8, 4) is 5.75 Å². The first-order chi connectivity index (χ1) is 13.4. The molecule has 0 aliphatic carbocycles. The van der Waals surface area contributed by atoms with E-state index < -0.39 is 6.03 Å². The Morgan fingerprint density at radius 1 is 0.964 bits per heavy atom. The Balaban J connectivity index is 1.64. The summed E-state index contributed by atoms with van der Waals surface area (Å²) in [6.45, 7) is 3.67. The molecule has 1 aromatic heterocycles. The smallest absolute Gasteiger partial charge is 0.325 e. The van der Waals surface area contributed by atoms with Crippen LogP contribution in [0.5, 0.6) is 5.75 Å². The Kier molecular flexibility index (Phi) is 5.90. The number of hydrogen-bond acceptors (Lipinski definition) is 5. The number of aromatic nitrogens is 1. The molecule has 0 fully saturated rings. The van der Waals surface area contributed by atoms with Crippen molar-refractivity contribution in [1.29, 1.82) is 0 Å². The molecule has 8 heteroatoms. The van der Waals surface area contributed by atoms with Crippen molar-refractivity contribution in [3.05, 3.63) is 64.7 Å². The summed E-state index contributed by atoms with van der Waals surface area (Å²) < 4.78 is 5.10. The van der Waals surface area contributed by atoms with Gasteiger partial charge in [-0.2, -0.15) is 0 Å². The first kappa shape index (κ1) is 19.4. The van der Waals surface area contributed by atoms with Gasteiger partial charge in [-0.3, -0.25) is 10.1 Å². The summed E-state index contributed by atoms with van der Waals surface area (Å²) in [6.07, 6.45) is 0. The van der Waals surface area contributed by atoms with Gasteiger partial charge in [-0.1, -0.05) is 23.5 Å². The highest BCUT2D eigenvalue weighted by molar-refractivity contribution is 7.17. The monoisotopic (exact) mass is 396 g/mol. The molecule has 3 amide bonds. The van der Waals surface area contributed by atoms with Gasteiger partial charge in [0.1, 0.15) is 10.6 Å². The molecule has 3 N–H and O–H groups in total. The van der Waals surface area contributed by atoms with Crippen LogP contribution >= 0.6 is 11.3 Å². The van der Waals surface area contributed by atoms with Crippen LogP contribution in [-0.4, -0.2) is 24.0 Å². The molecule has 2 aromatic carbocycles. The van der Waals surface area contributed by atoms with Crippen LogP contribution in [0.15, 0.2) is 48.5 Å². The number of methoxy groups -OCH3 is 1. The molecular weight excluding hydrogens is 376 g/mol. The molecule has 0 atom stereocenters. The molecule has 28 heavy (non-hydrogen) atoms. The molecule has 0 radical (unpaired) electrons. The van der Waals surface area contributed by atoms with Crippen molar-refractivity contribution in [3.63, 3.8) is 0 Å². The van der Waals surface area contributed by atoms with E-state index >= 15 is 0 Å². The highest BCUT2D eigenvalue weighted by atomic mass is 32.1. The average Bonchev–Trinajstić information content (AvgIpc) is 3.02. The maximum Gasteiger partial charge on any atom is 0.325 e. The second-order valence-electron chi connectivity index (χ2n) is 6.06. The number of urea groups is 1. The zero-order chi connectivity index (χ0) is 20.1. The van der Waals surface area contributed by atoms with Crippen LogP contribution < -0.4 is 20.7 Å². The lowest BCUT2D eigenvalue weighted by atomic mass is 10.2. The summed E-state index contributed by atoms with van der Waals surface area (Å²) in [5, 5.41) is 8.57. The van der Waals surface area contributed by atoms with E-state index in [2.05, 4.69) is 20.9 Å². The van der Waals surface area contributed by atoms with Crippen LogP contribution in [-0.2, 0) is 0 Å². The number of thiazole rings is 1. The normalized spacial score (nSPS) is 10.2. The molecule has 1 heterocycles. The Labute approximate surface area is 166 Å².